The number of halogens is 3. The number of ether oxygens (including phenoxy) is 1. The number of hydrogen-bond acceptors (Lipinski definition) is 3. The lowest BCUT2D eigenvalue weighted by Gasteiger charge is -2.08. The average Bonchev–Trinajstić information content (AvgIpc) is 2.14. The number of nitrogens with zero attached hydrogens (tertiary/aromatic N) is 1. The molecule has 0 N–H and O–H groups in total. The molecule has 1 aromatic carbocycles. The van der Waals surface area contributed by atoms with Crippen molar-refractivity contribution in [3.63, 3.8) is 0 Å². The van der Waals surface area contributed by atoms with Gasteiger partial charge in [0, 0.05) is 6.07 Å². The van der Waals surface area contributed by atoms with Crippen LogP contribution < -0.4 is 4.74 Å². The van der Waals surface area contributed by atoms with Crippen LogP contribution in [-0.2, 0) is 0 Å². The summed E-state index contributed by atoms with van der Waals surface area (Å²) in [6.45, 7) is -1.56. The monoisotopic (exact) mass is 220 g/mol. The number of nitro groups is 1. The Labute approximate surface area is 82.4 Å². The van der Waals surface area contributed by atoms with E-state index >= 15 is 0 Å². The van der Waals surface area contributed by atoms with Crippen molar-refractivity contribution in [1.29, 1.82) is 0 Å². The molecule has 0 fully saturated rings. The first-order valence-corrected chi connectivity index (χ1v) is 3.74. The zero-order valence-electron chi connectivity index (χ0n) is 7.25. The van der Waals surface area contributed by atoms with E-state index in [1.165, 1.54) is 6.07 Å². The number of benzene rings is 1. The van der Waals surface area contributed by atoms with Crippen LogP contribution in [0.15, 0.2) is 18.2 Å². The molecule has 0 heterocycles. The minimum Gasteiger partial charge on any atom is -0.477 e. The highest BCUT2D eigenvalue weighted by molar-refractivity contribution is 5.45. The van der Waals surface area contributed by atoms with Crippen molar-refractivity contribution in [1.82, 2.24) is 0 Å². The molecule has 81 valence electrons. The quantitative estimate of drug-likeness (QED) is 0.580. The molecule has 0 aliphatic carbocycles. The van der Waals surface area contributed by atoms with Gasteiger partial charge in [-0.2, -0.15) is 13.2 Å². The maximum absolute atomic E-state index is 11.8. The number of hydrogen-bond donors (Lipinski definition) is 0. The summed E-state index contributed by atoms with van der Waals surface area (Å²) in [7, 11) is 0. The summed E-state index contributed by atoms with van der Waals surface area (Å²) in [6, 6.07) is 5.63. The third-order valence-electron chi connectivity index (χ3n) is 1.39. The SMILES string of the molecule is O=[N+]([O-])c1cc[c]cc1OCC(F)(F)F. The standard InChI is InChI=1S/C8H5F3NO3/c9-8(10,11)5-15-7-4-2-1-3-6(7)12(13)14/h1,3-4H,5H2. The Morgan fingerprint density at radius 1 is 1.53 bits per heavy atom. The molecule has 0 atom stereocenters. The molecule has 0 saturated carbocycles. The minimum atomic E-state index is -4.52. The van der Waals surface area contributed by atoms with Crippen LogP contribution in [0.3, 0.4) is 0 Å². The van der Waals surface area contributed by atoms with Gasteiger partial charge in [-0.3, -0.25) is 10.1 Å². The molecule has 4 nitrogen and oxygen atoms in total. The van der Waals surface area contributed by atoms with Crippen LogP contribution in [0.4, 0.5) is 18.9 Å². The highest BCUT2D eigenvalue weighted by atomic mass is 19.4. The normalized spacial score (nSPS) is 11.1. The largest absolute Gasteiger partial charge is 0.477 e. The second-order valence-corrected chi connectivity index (χ2v) is 2.55. The van der Waals surface area contributed by atoms with Gasteiger partial charge in [0.1, 0.15) is 0 Å². The first-order chi connectivity index (χ1) is 6.90. The molecule has 0 aliphatic rings. The second kappa shape index (κ2) is 4.16. The fourth-order valence-corrected chi connectivity index (χ4v) is 0.833. The first kappa shape index (κ1) is 11.3. The molecule has 1 rings (SSSR count). The van der Waals surface area contributed by atoms with E-state index in [9.17, 15) is 23.3 Å². The number of nitro benzene ring substituents is 1. The highest BCUT2D eigenvalue weighted by Crippen LogP contribution is 2.27. The van der Waals surface area contributed by atoms with Gasteiger partial charge in [-0.15, -0.1) is 0 Å². The predicted octanol–water partition coefficient (Wildman–Crippen LogP) is 2.34. The van der Waals surface area contributed by atoms with Crippen molar-refractivity contribution in [2.75, 3.05) is 6.61 Å². The van der Waals surface area contributed by atoms with Gasteiger partial charge in [-0.25, -0.2) is 0 Å². The minimum absolute atomic E-state index is 0.445. The third kappa shape index (κ3) is 3.45. The smallest absolute Gasteiger partial charge is 0.422 e. The van der Waals surface area contributed by atoms with Gasteiger partial charge < -0.3 is 4.74 Å². The van der Waals surface area contributed by atoms with Gasteiger partial charge in [-0.05, 0) is 18.2 Å². The Morgan fingerprint density at radius 2 is 2.20 bits per heavy atom. The summed E-state index contributed by atoms with van der Waals surface area (Å²) >= 11 is 0. The van der Waals surface area contributed by atoms with E-state index < -0.39 is 29.1 Å². The second-order valence-electron chi connectivity index (χ2n) is 2.55. The lowest BCUT2D eigenvalue weighted by Crippen LogP contribution is -2.19. The Morgan fingerprint density at radius 3 is 2.73 bits per heavy atom. The van der Waals surface area contributed by atoms with E-state index in [-0.39, 0.29) is 0 Å². The molecule has 0 unspecified atom stereocenters. The van der Waals surface area contributed by atoms with Gasteiger partial charge in [0.15, 0.2) is 12.4 Å². The Bertz CT molecular complexity index is 364. The fourth-order valence-electron chi connectivity index (χ4n) is 0.833. The molecule has 0 saturated heterocycles. The predicted molar refractivity (Wildman–Crippen MR) is 43.5 cm³/mol. The third-order valence-corrected chi connectivity index (χ3v) is 1.39. The van der Waals surface area contributed by atoms with Crippen LogP contribution in [0.25, 0.3) is 0 Å². The molecule has 0 bridgehead atoms. The van der Waals surface area contributed by atoms with Crippen LogP contribution >= 0.6 is 0 Å². The van der Waals surface area contributed by atoms with Gasteiger partial charge in [0.2, 0.25) is 0 Å². The zero-order valence-corrected chi connectivity index (χ0v) is 7.25. The summed E-state index contributed by atoms with van der Waals surface area (Å²) in [6.07, 6.45) is -4.52. The topological polar surface area (TPSA) is 52.4 Å². The van der Waals surface area contributed by atoms with E-state index in [1.54, 1.807) is 0 Å². The van der Waals surface area contributed by atoms with Crippen molar-refractivity contribution in [2.45, 2.75) is 6.18 Å². The highest BCUT2D eigenvalue weighted by Gasteiger charge is 2.29. The van der Waals surface area contributed by atoms with Gasteiger partial charge in [-0.1, -0.05) is 0 Å². The lowest BCUT2D eigenvalue weighted by atomic mass is 10.3. The Hall–Kier alpha value is -1.79. The maximum Gasteiger partial charge on any atom is 0.422 e. The molecule has 1 radical (unpaired) electrons. The van der Waals surface area contributed by atoms with E-state index in [0.29, 0.717) is 0 Å². The van der Waals surface area contributed by atoms with E-state index in [4.69, 9.17) is 0 Å². The molecule has 1 aromatic rings. The van der Waals surface area contributed by atoms with Crippen molar-refractivity contribution < 1.29 is 22.8 Å². The van der Waals surface area contributed by atoms with E-state index in [2.05, 4.69) is 10.8 Å². The Kier molecular flexibility index (Phi) is 3.13. The van der Waals surface area contributed by atoms with Crippen LogP contribution in [0, 0.1) is 16.2 Å². The number of alkyl halides is 3. The van der Waals surface area contributed by atoms with E-state index in [1.807, 2.05) is 0 Å². The summed E-state index contributed by atoms with van der Waals surface area (Å²) in [5.74, 6) is -0.445. The first-order valence-electron chi connectivity index (χ1n) is 3.74. The van der Waals surface area contributed by atoms with Crippen LogP contribution in [0.5, 0.6) is 5.75 Å². The number of rotatable bonds is 3. The molecule has 0 aliphatic heterocycles. The van der Waals surface area contributed by atoms with Crippen molar-refractivity contribution in [2.24, 2.45) is 0 Å². The molecule has 15 heavy (non-hydrogen) atoms. The molecule has 0 aromatic heterocycles. The summed E-state index contributed by atoms with van der Waals surface area (Å²) in [5, 5.41) is 10.4. The fraction of sp³-hybridized carbons (Fsp3) is 0.250. The van der Waals surface area contributed by atoms with Gasteiger partial charge >= 0.3 is 11.9 Å². The van der Waals surface area contributed by atoms with Crippen LogP contribution in [0.1, 0.15) is 0 Å². The summed E-state index contributed by atoms with van der Waals surface area (Å²) in [4.78, 5) is 9.56. The molecule has 0 amide bonds. The maximum atomic E-state index is 11.8. The summed E-state index contributed by atoms with van der Waals surface area (Å²) < 4.78 is 39.6. The molecule has 0 spiro atoms. The molecular weight excluding hydrogens is 215 g/mol. The van der Waals surface area contributed by atoms with Crippen molar-refractivity contribution >= 4 is 5.69 Å². The lowest BCUT2D eigenvalue weighted by molar-refractivity contribution is -0.386. The van der Waals surface area contributed by atoms with Crippen LogP contribution in [-0.4, -0.2) is 17.7 Å². The Balaban J connectivity index is 2.81. The zero-order chi connectivity index (χ0) is 11.5. The average molecular weight is 220 g/mol. The summed E-state index contributed by atoms with van der Waals surface area (Å²) in [5.41, 5.74) is -0.516. The van der Waals surface area contributed by atoms with Gasteiger partial charge in [0.05, 0.1) is 4.92 Å². The van der Waals surface area contributed by atoms with E-state index in [0.717, 1.165) is 12.1 Å². The molecule has 7 heteroatoms. The van der Waals surface area contributed by atoms with Crippen molar-refractivity contribution in [3.05, 3.63) is 34.4 Å². The molecular formula is C8H5F3NO3. The van der Waals surface area contributed by atoms with Crippen molar-refractivity contribution in [3.8, 4) is 5.75 Å². The van der Waals surface area contributed by atoms with Gasteiger partial charge in [0.25, 0.3) is 0 Å². The van der Waals surface area contributed by atoms with Crippen LogP contribution in [0.2, 0.25) is 0 Å².